The first-order valence-corrected chi connectivity index (χ1v) is 6.42. The molecule has 0 aliphatic carbocycles. The van der Waals surface area contributed by atoms with Crippen LogP contribution < -0.4 is 5.73 Å². The Morgan fingerprint density at radius 3 is 2.70 bits per heavy atom. The van der Waals surface area contributed by atoms with Crippen molar-refractivity contribution in [2.24, 2.45) is 5.73 Å². The number of benzene rings is 1. The average molecular weight is 278 g/mol. The Morgan fingerprint density at radius 1 is 1.35 bits per heavy atom. The highest BCUT2D eigenvalue weighted by Gasteiger charge is 2.39. The van der Waals surface area contributed by atoms with Crippen LogP contribution in [0.2, 0.25) is 0 Å². The van der Waals surface area contributed by atoms with Crippen molar-refractivity contribution in [3.8, 4) is 0 Å². The molecule has 1 fully saturated rings. The maximum absolute atomic E-state index is 12.0. The first-order valence-electron chi connectivity index (χ1n) is 6.42. The quantitative estimate of drug-likeness (QED) is 0.831. The third-order valence-electron chi connectivity index (χ3n) is 3.25. The molecule has 20 heavy (non-hydrogen) atoms. The highest BCUT2D eigenvalue weighted by atomic mass is 16.6. The Morgan fingerprint density at radius 2 is 2.05 bits per heavy atom. The summed E-state index contributed by atoms with van der Waals surface area (Å²) in [5.74, 6) is -0.463. The van der Waals surface area contributed by atoms with E-state index in [0.29, 0.717) is 13.0 Å². The largest absolute Gasteiger partial charge is 0.467 e. The maximum atomic E-state index is 12.0. The summed E-state index contributed by atoms with van der Waals surface area (Å²) in [6.45, 7) is 0.465. The molecule has 2 rings (SSSR count). The van der Waals surface area contributed by atoms with Gasteiger partial charge in [-0.1, -0.05) is 30.3 Å². The fourth-order valence-electron chi connectivity index (χ4n) is 2.23. The minimum atomic E-state index is -0.654. The Bertz CT molecular complexity index is 477. The van der Waals surface area contributed by atoms with Crippen molar-refractivity contribution in [2.45, 2.75) is 25.1 Å². The van der Waals surface area contributed by atoms with Crippen LogP contribution >= 0.6 is 0 Å². The molecule has 1 aromatic carbocycles. The molecule has 1 heterocycles. The van der Waals surface area contributed by atoms with E-state index < -0.39 is 18.1 Å². The first kappa shape index (κ1) is 14.3. The van der Waals surface area contributed by atoms with Gasteiger partial charge in [-0.05, 0) is 12.0 Å². The lowest BCUT2D eigenvalue weighted by Crippen LogP contribution is -2.41. The van der Waals surface area contributed by atoms with Gasteiger partial charge in [0.25, 0.3) is 0 Å². The van der Waals surface area contributed by atoms with E-state index in [9.17, 15) is 9.59 Å². The lowest BCUT2D eigenvalue weighted by Gasteiger charge is -2.21. The van der Waals surface area contributed by atoms with Gasteiger partial charge in [-0.15, -0.1) is 0 Å². The summed E-state index contributed by atoms with van der Waals surface area (Å²) >= 11 is 0. The Kier molecular flexibility index (Phi) is 4.57. The molecule has 0 saturated carbocycles. The molecule has 1 amide bonds. The van der Waals surface area contributed by atoms with E-state index >= 15 is 0 Å². The molecule has 6 heteroatoms. The van der Waals surface area contributed by atoms with Crippen LogP contribution in [-0.2, 0) is 20.9 Å². The van der Waals surface area contributed by atoms with Crippen molar-refractivity contribution in [3.63, 3.8) is 0 Å². The van der Waals surface area contributed by atoms with Gasteiger partial charge in [0.2, 0.25) is 0 Å². The molecule has 2 atom stereocenters. The van der Waals surface area contributed by atoms with Crippen molar-refractivity contribution in [1.82, 2.24) is 4.90 Å². The summed E-state index contributed by atoms with van der Waals surface area (Å²) in [5.41, 5.74) is 6.68. The van der Waals surface area contributed by atoms with Gasteiger partial charge in [0, 0.05) is 12.6 Å². The highest BCUT2D eigenvalue weighted by Crippen LogP contribution is 2.19. The van der Waals surface area contributed by atoms with Gasteiger partial charge in [-0.25, -0.2) is 9.59 Å². The predicted molar refractivity (Wildman–Crippen MR) is 71.7 cm³/mol. The van der Waals surface area contributed by atoms with Gasteiger partial charge in [-0.2, -0.15) is 0 Å². The van der Waals surface area contributed by atoms with Crippen LogP contribution in [0.1, 0.15) is 12.0 Å². The van der Waals surface area contributed by atoms with E-state index in [0.717, 1.165) is 5.56 Å². The molecule has 1 aliphatic rings. The van der Waals surface area contributed by atoms with Crippen molar-refractivity contribution in [3.05, 3.63) is 35.9 Å². The number of nitrogens with two attached hydrogens (primary N) is 1. The monoisotopic (exact) mass is 278 g/mol. The molecule has 0 aromatic heterocycles. The maximum Gasteiger partial charge on any atom is 0.410 e. The van der Waals surface area contributed by atoms with E-state index in [1.807, 2.05) is 30.3 Å². The number of carbonyl (C=O) groups is 2. The molecule has 0 unspecified atom stereocenters. The fourth-order valence-corrected chi connectivity index (χ4v) is 2.23. The smallest absolute Gasteiger partial charge is 0.410 e. The zero-order valence-electron chi connectivity index (χ0n) is 11.3. The lowest BCUT2D eigenvalue weighted by atomic mass is 10.2. The third-order valence-corrected chi connectivity index (χ3v) is 3.25. The van der Waals surface area contributed by atoms with Gasteiger partial charge >= 0.3 is 12.1 Å². The number of hydrogen-bond donors (Lipinski definition) is 1. The number of esters is 1. The van der Waals surface area contributed by atoms with Gasteiger partial charge in [0.1, 0.15) is 12.6 Å². The van der Waals surface area contributed by atoms with E-state index in [1.165, 1.54) is 12.0 Å². The number of amides is 1. The van der Waals surface area contributed by atoms with Crippen LogP contribution in [0.5, 0.6) is 0 Å². The second-order valence-corrected chi connectivity index (χ2v) is 4.73. The first-order chi connectivity index (χ1) is 9.61. The number of carbonyl (C=O) groups excluding carboxylic acids is 2. The van der Waals surface area contributed by atoms with Gasteiger partial charge < -0.3 is 15.2 Å². The van der Waals surface area contributed by atoms with Crippen molar-refractivity contribution < 1.29 is 19.1 Å². The highest BCUT2D eigenvalue weighted by molar-refractivity contribution is 5.82. The lowest BCUT2D eigenvalue weighted by molar-refractivity contribution is -0.145. The molecule has 1 aromatic rings. The van der Waals surface area contributed by atoms with E-state index in [2.05, 4.69) is 4.74 Å². The third kappa shape index (κ3) is 3.27. The number of likely N-dealkylation sites (tertiary alicyclic amines) is 1. The van der Waals surface area contributed by atoms with Crippen LogP contribution in [0.15, 0.2) is 30.3 Å². The second kappa shape index (κ2) is 6.38. The fraction of sp³-hybridized carbons (Fsp3) is 0.429. The molecule has 0 radical (unpaired) electrons. The zero-order chi connectivity index (χ0) is 14.5. The van der Waals surface area contributed by atoms with Crippen LogP contribution in [0, 0.1) is 0 Å². The normalized spacial score (nSPS) is 21.6. The predicted octanol–water partition coefficient (Wildman–Crippen LogP) is 0.898. The molecular weight excluding hydrogens is 260 g/mol. The van der Waals surface area contributed by atoms with E-state index in [1.54, 1.807) is 0 Å². The molecule has 108 valence electrons. The second-order valence-electron chi connectivity index (χ2n) is 4.73. The topological polar surface area (TPSA) is 81.9 Å². The van der Waals surface area contributed by atoms with E-state index in [4.69, 9.17) is 10.5 Å². The van der Waals surface area contributed by atoms with Gasteiger partial charge in [0.15, 0.2) is 0 Å². The minimum absolute atomic E-state index is 0.166. The Balaban J connectivity index is 1.95. The van der Waals surface area contributed by atoms with Gasteiger partial charge in [-0.3, -0.25) is 4.90 Å². The summed E-state index contributed by atoms with van der Waals surface area (Å²) < 4.78 is 9.89. The standard InChI is InChI=1S/C14H18N2O4/c1-19-13(17)12-7-11(15)8-16(12)14(18)20-9-10-5-3-2-4-6-10/h2-6,11-12H,7-9,15H2,1H3/t11-,12+/m1/s1. The summed E-state index contributed by atoms with van der Waals surface area (Å²) in [6, 6.07) is 8.46. The number of rotatable bonds is 3. The van der Waals surface area contributed by atoms with Crippen LogP contribution in [0.4, 0.5) is 4.79 Å². The molecule has 2 N–H and O–H groups in total. The average Bonchev–Trinajstić information content (AvgIpc) is 2.87. The van der Waals surface area contributed by atoms with Crippen molar-refractivity contribution >= 4 is 12.1 Å². The minimum Gasteiger partial charge on any atom is -0.467 e. The summed E-state index contributed by atoms with van der Waals surface area (Å²) in [6.07, 6.45) is -0.148. The molecule has 0 bridgehead atoms. The number of hydrogen-bond acceptors (Lipinski definition) is 5. The number of ether oxygens (including phenoxy) is 2. The molecule has 1 saturated heterocycles. The molecule has 1 aliphatic heterocycles. The summed E-state index contributed by atoms with van der Waals surface area (Å²) in [7, 11) is 1.29. The van der Waals surface area contributed by atoms with Crippen LogP contribution in [0.3, 0.4) is 0 Å². The summed E-state index contributed by atoms with van der Waals surface area (Å²) in [4.78, 5) is 25.0. The zero-order valence-corrected chi connectivity index (χ0v) is 11.3. The molecule has 0 spiro atoms. The van der Waals surface area contributed by atoms with Crippen molar-refractivity contribution in [2.75, 3.05) is 13.7 Å². The molecular formula is C14H18N2O4. The number of nitrogens with zero attached hydrogens (tertiary/aromatic N) is 1. The molecule has 6 nitrogen and oxygen atoms in total. The Labute approximate surface area is 117 Å². The Hall–Kier alpha value is -2.08. The van der Waals surface area contributed by atoms with Gasteiger partial charge in [0.05, 0.1) is 7.11 Å². The number of methoxy groups -OCH3 is 1. The van der Waals surface area contributed by atoms with E-state index in [-0.39, 0.29) is 12.6 Å². The summed E-state index contributed by atoms with van der Waals surface area (Å²) in [5, 5.41) is 0. The van der Waals surface area contributed by atoms with Crippen molar-refractivity contribution in [1.29, 1.82) is 0 Å². The van der Waals surface area contributed by atoms with Crippen LogP contribution in [-0.4, -0.2) is 42.7 Å². The van der Waals surface area contributed by atoms with Crippen LogP contribution in [0.25, 0.3) is 0 Å². The SMILES string of the molecule is COC(=O)[C@@H]1C[C@@H](N)CN1C(=O)OCc1ccccc1.